The van der Waals surface area contributed by atoms with Gasteiger partial charge in [-0.05, 0) is 49.2 Å². The number of pyridine rings is 1. The van der Waals surface area contributed by atoms with E-state index in [1.165, 1.54) is 17.7 Å². The predicted molar refractivity (Wildman–Crippen MR) is 92.4 cm³/mol. The smallest absolute Gasteiger partial charge is 0.125 e. The van der Waals surface area contributed by atoms with Crippen LogP contribution in [0, 0.1) is 12.7 Å². The monoisotopic (exact) mass is 324 g/mol. The lowest BCUT2D eigenvalue weighted by Crippen LogP contribution is -2.20. The maximum Gasteiger partial charge on any atom is 0.125 e. The van der Waals surface area contributed by atoms with Crippen molar-refractivity contribution in [1.29, 1.82) is 0 Å². The van der Waals surface area contributed by atoms with E-state index in [4.69, 9.17) is 0 Å². The van der Waals surface area contributed by atoms with Crippen molar-refractivity contribution >= 4 is 0 Å². The molecular weight excluding hydrogens is 303 g/mol. The summed E-state index contributed by atoms with van der Waals surface area (Å²) in [6.07, 6.45) is 6.57. The van der Waals surface area contributed by atoms with E-state index < -0.39 is 0 Å². The van der Waals surface area contributed by atoms with Crippen molar-refractivity contribution in [3.8, 4) is 5.69 Å². The van der Waals surface area contributed by atoms with Crippen LogP contribution in [0.4, 0.5) is 4.39 Å². The van der Waals surface area contributed by atoms with Crippen molar-refractivity contribution in [1.82, 2.24) is 20.1 Å². The van der Waals surface area contributed by atoms with Gasteiger partial charge in [-0.25, -0.2) is 9.07 Å². The van der Waals surface area contributed by atoms with Crippen molar-refractivity contribution in [2.24, 2.45) is 0 Å². The lowest BCUT2D eigenvalue weighted by Gasteiger charge is -2.16. The summed E-state index contributed by atoms with van der Waals surface area (Å²) in [5.41, 5.74) is 4.00. The summed E-state index contributed by atoms with van der Waals surface area (Å²) in [4.78, 5) is 4.07. The molecule has 0 bridgehead atoms. The third kappa shape index (κ3) is 3.68. The highest BCUT2D eigenvalue weighted by Crippen LogP contribution is 2.18. The highest BCUT2D eigenvalue weighted by atomic mass is 19.1. The van der Waals surface area contributed by atoms with Gasteiger partial charge in [-0.15, -0.1) is 0 Å². The number of hydrogen-bond donors (Lipinski definition) is 1. The molecule has 4 nitrogen and oxygen atoms in total. The molecular formula is C19H21FN4. The van der Waals surface area contributed by atoms with E-state index in [1.807, 2.05) is 43.7 Å². The van der Waals surface area contributed by atoms with Gasteiger partial charge >= 0.3 is 0 Å². The Hall–Kier alpha value is -2.53. The number of hydrogen-bond acceptors (Lipinski definition) is 3. The molecule has 1 aromatic carbocycles. The zero-order valence-electron chi connectivity index (χ0n) is 13.9. The van der Waals surface area contributed by atoms with E-state index in [0.717, 1.165) is 23.4 Å². The van der Waals surface area contributed by atoms with E-state index in [2.05, 4.69) is 22.3 Å². The molecule has 0 aliphatic heterocycles. The van der Waals surface area contributed by atoms with Crippen molar-refractivity contribution in [3.63, 3.8) is 0 Å². The third-order valence-electron chi connectivity index (χ3n) is 4.13. The van der Waals surface area contributed by atoms with Crippen molar-refractivity contribution < 1.29 is 4.39 Å². The molecule has 3 aromatic rings. The van der Waals surface area contributed by atoms with Crippen LogP contribution >= 0.6 is 0 Å². The van der Waals surface area contributed by atoms with Crippen molar-refractivity contribution in [2.45, 2.75) is 32.9 Å². The highest BCUT2D eigenvalue weighted by Gasteiger charge is 2.11. The van der Waals surface area contributed by atoms with E-state index in [-0.39, 0.29) is 11.9 Å². The fourth-order valence-corrected chi connectivity index (χ4v) is 2.75. The summed E-state index contributed by atoms with van der Waals surface area (Å²) in [5, 5.41) is 8.06. The Morgan fingerprint density at radius 1 is 1.21 bits per heavy atom. The van der Waals surface area contributed by atoms with Gasteiger partial charge in [-0.2, -0.15) is 5.10 Å². The second kappa shape index (κ2) is 7.36. The molecule has 1 unspecified atom stereocenters. The summed E-state index contributed by atoms with van der Waals surface area (Å²) in [5.74, 6) is -0.260. The number of nitrogens with zero attached hydrogens (tertiary/aromatic N) is 3. The minimum atomic E-state index is -0.260. The van der Waals surface area contributed by atoms with Gasteiger partial charge in [0.1, 0.15) is 5.82 Å². The van der Waals surface area contributed by atoms with Gasteiger partial charge in [0.25, 0.3) is 0 Å². The maximum atomic E-state index is 13.4. The van der Waals surface area contributed by atoms with Crippen LogP contribution in [-0.4, -0.2) is 14.8 Å². The zero-order chi connectivity index (χ0) is 16.9. The molecule has 5 heteroatoms. The fourth-order valence-electron chi connectivity index (χ4n) is 2.75. The average molecular weight is 324 g/mol. The summed E-state index contributed by atoms with van der Waals surface area (Å²) in [6, 6.07) is 10.8. The largest absolute Gasteiger partial charge is 0.306 e. The summed E-state index contributed by atoms with van der Waals surface area (Å²) in [7, 11) is 0. The summed E-state index contributed by atoms with van der Waals surface area (Å²) < 4.78 is 15.1. The van der Waals surface area contributed by atoms with Crippen LogP contribution in [0.1, 0.15) is 36.2 Å². The molecule has 0 saturated carbocycles. The fraction of sp³-hybridized carbons (Fsp3) is 0.263. The van der Waals surface area contributed by atoms with Gasteiger partial charge < -0.3 is 5.32 Å². The Morgan fingerprint density at radius 3 is 2.71 bits per heavy atom. The Kier molecular flexibility index (Phi) is 5.01. The van der Waals surface area contributed by atoms with Gasteiger partial charge in [0.2, 0.25) is 0 Å². The molecule has 24 heavy (non-hydrogen) atoms. The first kappa shape index (κ1) is 16.3. The number of aryl methyl sites for hydroxylation is 1. The SMILES string of the molecule is CCC(NCc1cn(-c2cccc(F)c2)nc1C)c1ccncc1. The van der Waals surface area contributed by atoms with Crippen LogP contribution < -0.4 is 5.32 Å². The molecule has 0 aliphatic rings. The summed E-state index contributed by atoms with van der Waals surface area (Å²) >= 11 is 0. The Bertz CT molecular complexity index is 798. The van der Waals surface area contributed by atoms with Crippen LogP contribution in [0.2, 0.25) is 0 Å². The molecule has 0 saturated heterocycles. The average Bonchev–Trinajstić information content (AvgIpc) is 2.97. The van der Waals surface area contributed by atoms with E-state index in [0.29, 0.717) is 6.54 Å². The van der Waals surface area contributed by atoms with E-state index in [1.54, 1.807) is 10.7 Å². The lowest BCUT2D eigenvalue weighted by atomic mass is 10.1. The van der Waals surface area contributed by atoms with Crippen LogP contribution in [0.3, 0.4) is 0 Å². The first-order valence-electron chi connectivity index (χ1n) is 8.11. The summed E-state index contributed by atoms with van der Waals surface area (Å²) in [6.45, 7) is 4.84. The molecule has 0 fully saturated rings. The lowest BCUT2D eigenvalue weighted by molar-refractivity contribution is 0.517. The standard InChI is InChI=1S/C19H21FN4/c1-3-19(15-7-9-21-10-8-15)22-12-16-13-24(23-14(16)2)18-6-4-5-17(20)11-18/h4-11,13,19,22H,3,12H2,1-2H3. The molecule has 1 N–H and O–H groups in total. The number of benzene rings is 1. The molecule has 2 heterocycles. The van der Waals surface area contributed by atoms with Crippen LogP contribution in [0.15, 0.2) is 55.0 Å². The van der Waals surface area contributed by atoms with Gasteiger partial charge in [0.05, 0.1) is 11.4 Å². The van der Waals surface area contributed by atoms with Gasteiger partial charge in [-0.1, -0.05) is 13.0 Å². The molecule has 0 amide bonds. The topological polar surface area (TPSA) is 42.7 Å². The maximum absolute atomic E-state index is 13.4. The highest BCUT2D eigenvalue weighted by molar-refractivity contribution is 5.33. The molecule has 0 radical (unpaired) electrons. The number of halogens is 1. The minimum Gasteiger partial charge on any atom is -0.306 e. The minimum absolute atomic E-state index is 0.260. The molecule has 3 rings (SSSR count). The van der Waals surface area contributed by atoms with Gasteiger partial charge in [0, 0.05) is 36.7 Å². The second-order valence-electron chi connectivity index (χ2n) is 5.79. The number of aromatic nitrogens is 3. The van der Waals surface area contributed by atoms with E-state index in [9.17, 15) is 4.39 Å². The van der Waals surface area contributed by atoms with Crippen LogP contribution in [0.25, 0.3) is 5.69 Å². The van der Waals surface area contributed by atoms with Gasteiger partial charge in [-0.3, -0.25) is 4.98 Å². The third-order valence-corrected chi connectivity index (χ3v) is 4.13. The normalized spacial score (nSPS) is 12.3. The number of rotatable bonds is 6. The first-order valence-corrected chi connectivity index (χ1v) is 8.11. The zero-order valence-corrected chi connectivity index (χ0v) is 13.9. The van der Waals surface area contributed by atoms with Gasteiger partial charge in [0.15, 0.2) is 0 Å². The first-order chi connectivity index (χ1) is 11.7. The second-order valence-corrected chi connectivity index (χ2v) is 5.79. The van der Waals surface area contributed by atoms with Crippen LogP contribution in [0.5, 0.6) is 0 Å². The Labute approximate surface area is 141 Å². The Morgan fingerprint density at radius 2 is 2.00 bits per heavy atom. The Balaban J connectivity index is 1.74. The molecule has 2 aromatic heterocycles. The quantitative estimate of drug-likeness (QED) is 0.746. The van der Waals surface area contributed by atoms with Crippen LogP contribution in [-0.2, 0) is 6.54 Å². The number of nitrogens with one attached hydrogen (secondary N) is 1. The molecule has 0 spiro atoms. The molecule has 0 aliphatic carbocycles. The van der Waals surface area contributed by atoms with Crippen molar-refractivity contribution in [2.75, 3.05) is 0 Å². The molecule has 1 atom stereocenters. The molecule has 124 valence electrons. The predicted octanol–water partition coefficient (Wildman–Crippen LogP) is 3.96. The van der Waals surface area contributed by atoms with E-state index >= 15 is 0 Å². The van der Waals surface area contributed by atoms with Crippen molar-refractivity contribution in [3.05, 3.63) is 77.6 Å².